The summed E-state index contributed by atoms with van der Waals surface area (Å²) in [6, 6.07) is 14.0. The molecule has 2 rings (SSSR count). The SMILES string of the molecule is COc1cccc(C[C@@H](C(=O)O)[C@@H](Cc2cccc(OC)c2)C(=O)O)c1. The van der Waals surface area contributed by atoms with Crippen molar-refractivity contribution in [2.75, 3.05) is 14.2 Å². The molecule has 0 bridgehead atoms. The Kier molecular flexibility index (Phi) is 6.60. The van der Waals surface area contributed by atoms with E-state index in [1.165, 1.54) is 14.2 Å². The summed E-state index contributed by atoms with van der Waals surface area (Å²) < 4.78 is 10.3. The molecule has 0 spiro atoms. The number of carboxylic acid groups (broad SMARTS) is 2. The van der Waals surface area contributed by atoms with Gasteiger partial charge >= 0.3 is 11.9 Å². The normalized spacial score (nSPS) is 12.8. The van der Waals surface area contributed by atoms with Gasteiger partial charge in [0.1, 0.15) is 11.5 Å². The molecule has 0 aliphatic carbocycles. The predicted octanol–water partition coefficient (Wildman–Crippen LogP) is 2.89. The Balaban J connectivity index is 2.27. The van der Waals surface area contributed by atoms with Gasteiger partial charge in [0, 0.05) is 0 Å². The van der Waals surface area contributed by atoms with Gasteiger partial charge in [0.15, 0.2) is 0 Å². The van der Waals surface area contributed by atoms with Crippen LogP contribution in [-0.4, -0.2) is 36.4 Å². The van der Waals surface area contributed by atoms with Crippen molar-refractivity contribution in [2.45, 2.75) is 12.8 Å². The first-order valence-corrected chi connectivity index (χ1v) is 8.16. The molecule has 0 unspecified atom stereocenters. The van der Waals surface area contributed by atoms with Crippen LogP contribution in [0.15, 0.2) is 48.5 Å². The highest BCUT2D eigenvalue weighted by Crippen LogP contribution is 2.26. The third kappa shape index (κ3) is 4.99. The van der Waals surface area contributed by atoms with E-state index in [-0.39, 0.29) is 12.8 Å². The lowest BCUT2D eigenvalue weighted by Crippen LogP contribution is -2.33. The van der Waals surface area contributed by atoms with Crippen molar-refractivity contribution in [3.05, 3.63) is 59.7 Å². The van der Waals surface area contributed by atoms with Crippen LogP contribution in [0.3, 0.4) is 0 Å². The van der Waals surface area contributed by atoms with E-state index in [2.05, 4.69) is 0 Å². The standard InChI is InChI=1S/C20H22O6/c1-25-15-7-3-5-13(9-15)11-17(19(21)22)18(20(23)24)12-14-6-4-8-16(10-14)26-2/h3-10,17-18H,11-12H2,1-2H3,(H,21,22)(H,23,24)/t17-,18-/m1/s1. The van der Waals surface area contributed by atoms with E-state index in [4.69, 9.17) is 9.47 Å². The van der Waals surface area contributed by atoms with Crippen LogP contribution in [0.4, 0.5) is 0 Å². The van der Waals surface area contributed by atoms with E-state index in [1.807, 2.05) is 0 Å². The summed E-state index contributed by atoms with van der Waals surface area (Å²) in [5.41, 5.74) is 1.43. The van der Waals surface area contributed by atoms with Gasteiger partial charge in [0.05, 0.1) is 26.1 Å². The predicted molar refractivity (Wildman–Crippen MR) is 95.6 cm³/mol. The number of carboxylic acids is 2. The molecule has 26 heavy (non-hydrogen) atoms. The molecule has 0 amide bonds. The maximum absolute atomic E-state index is 11.8. The minimum Gasteiger partial charge on any atom is -0.497 e. The summed E-state index contributed by atoms with van der Waals surface area (Å²) >= 11 is 0. The van der Waals surface area contributed by atoms with E-state index < -0.39 is 23.8 Å². The molecule has 2 aromatic carbocycles. The van der Waals surface area contributed by atoms with Gasteiger partial charge in [0.25, 0.3) is 0 Å². The molecule has 2 atom stereocenters. The Labute approximate surface area is 152 Å². The molecule has 0 radical (unpaired) electrons. The largest absolute Gasteiger partial charge is 0.497 e. The monoisotopic (exact) mass is 358 g/mol. The summed E-state index contributed by atoms with van der Waals surface area (Å²) in [5, 5.41) is 19.3. The zero-order valence-corrected chi connectivity index (χ0v) is 14.7. The highest BCUT2D eigenvalue weighted by molar-refractivity contribution is 5.80. The molecular weight excluding hydrogens is 336 g/mol. The number of rotatable bonds is 9. The Bertz CT molecular complexity index is 705. The Morgan fingerprint density at radius 1 is 0.808 bits per heavy atom. The van der Waals surface area contributed by atoms with E-state index in [0.717, 1.165) is 0 Å². The highest BCUT2D eigenvalue weighted by Gasteiger charge is 2.34. The van der Waals surface area contributed by atoms with Gasteiger partial charge < -0.3 is 19.7 Å². The number of benzene rings is 2. The van der Waals surface area contributed by atoms with Gasteiger partial charge in [-0.15, -0.1) is 0 Å². The summed E-state index contributed by atoms with van der Waals surface area (Å²) in [6.07, 6.45) is 0.209. The lowest BCUT2D eigenvalue weighted by atomic mass is 9.82. The fourth-order valence-electron chi connectivity index (χ4n) is 2.91. The molecule has 2 aromatic rings. The number of aliphatic carboxylic acids is 2. The van der Waals surface area contributed by atoms with Crippen LogP contribution in [0.5, 0.6) is 11.5 Å². The number of ether oxygens (including phenoxy) is 2. The van der Waals surface area contributed by atoms with Crippen LogP contribution >= 0.6 is 0 Å². The van der Waals surface area contributed by atoms with Crippen molar-refractivity contribution in [1.82, 2.24) is 0 Å². The van der Waals surface area contributed by atoms with Crippen molar-refractivity contribution in [3.8, 4) is 11.5 Å². The average Bonchev–Trinajstić information content (AvgIpc) is 2.64. The third-order valence-corrected chi connectivity index (χ3v) is 4.30. The van der Waals surface area contributed by atoms with Gasteiger partial charge in [-0.25, -0.2) is 0 Å². The molecule has 6 nitrogen and oxygen atoms in total. The fraction of sp³-hybridized carbons (Fsp3) is 0.300. The fourth-order valence-corrected chi connectivity index (χ4v) is 2.91. The van der Waals surface area contributed by atoms with Crippen LogP contribution in [-0.2, 0) is 22.4 Å². The van der Waals surface area contributed by atoms with Gasteiger partial charge in [-0.3, -0.25) is 9.59 Å². The first kappa shape index (κ1) is 19.3. The molecule has 6 heteroatoms. The molecule has 0 aliphatic heterocycles. The highest BCUT2D eigenvalue weighted by atomic mass is 16.5. The first-order chi connectivity index (χ1) is 12.4. The Morgan fingerprint density at radius 3 is 1.50 bits per heavy atom. The topological polar surface area (TPSA) is 93.1 Å². The van der Waals surface area contributed by atoms with E-state index in [0.29, 0.717) is 22.6 Å². The number of hydrogen-bond acceptors (Lipinski definition) is 4. The second-order valence-electron chi connectivity index (χ2n) is 6.00. The maximum Gasteiger partial charge on any atom is 0.307 e. The molecule has 0 saturated carbocycles. The quantitative estimate of drug-likeness (QED) is 0.716. The van der Waals surface area contributed by atoms with Crippen molar-refractivity contribution in [3.63, 3.8) is 0 Å². The van der Waals surface area contributed by atoms with E-state index >= 15 is 0 Å². The summed E-state index contributed by atoms with van der Waals surface area (Å²) in [6.45, 7) is 0. The molecule has 138 valence electrons. The smallest absolute Gasteiger partial charge is 0.307 e. The zero-order valence-electron chi connectivity index (χ0n) is 14.7. The average molecular weight is 358 g/mol. The molecule has 0 aromatic heterocycles. The lowest BCUT2D eigenvalue weighted by Gasteiger charge is -2.21. The van der Waals surface area contributed by atoms with Crippen LogP contribution in [0.1, 0.15) is 11.1 Å². The lowest BCUT2D eigenvalue weighted by molar-refractivity contribution is -0.153. The second-order valence-corrected chi connectivity index (χ2v) is 6.00. The van der Waals surface area contributed by atoms with E-state index in [9.17, 15) is 19.8 Å². The van der Waals surface area contributed by atoms with Gasteiger partial charge in [-0.05, 0) is 48.2 Å². The zero-order chi connectivity index (χ0) is 19.1. The Hall–Kier alpha value is -3.02. The summed E-state index contributed by atoms with van der Waals surface area (Å²) in [7, 11) is 3.05. The molecule has 0 fully saturated rings. The molecule has 0 aliphatic rings. The van der Waals surface area contributed by atoms with Crippen molar-refractivity contribution < 1.29 is 29.3 Å². The molecule has 0 heterocycles. The van der Waals surface area contributed by atoms with Crippen molar-refractivity contribution >= 4 is 11.9 Å². The number of hydrogen-bond donors (Lipinski definition) is 2. The second kappa shape index (κ2) is 8.89. The van der Waals surface area contributed by atoms with E-state index in [1.54, 1.807) is 48.5 Å². The van der Waals surface area contributed by atoms with Crippen molar-refractivity contribution in [2.24, 2.45) is 11.8 Å². The minimum atomic E-state index is -1.14. The molecule has 0 saturated heterocycles. The van der Waals surface area contributed by atoms with Gasteiger partial charge in [0.2, 0.25) is 0 Å². The van der Waals surface area contributed by atoms with Crippen molar-refractivity contribution in [1.29, 1.82) is 0 Å². The Morgan fingerprint density at radius 2 is 1.19 bits per heavy atom. The molecular formula is C20H22O6. The first-order valence-electron chi connectivity index (χ1n) is 8.16. The number of carbonyl (C=O) groups is 2. The summed E-state index contributed by atoms with van der Waals surface area (Å²) in [4.78, 5) is 23.6. The number of methoxy groups -OCH3 is 2. The van der Waals surface area contributed by atoms with Crippen LogP contribution < -0.4 is 9.47 Å². The minimum absolute atomic E-state index is 0.105. The maximum atomic E-state index is 11.8. The van der Waals surface area contributed by atoms with Crippen LogP contribution in [0.2, 0.25) is 0 Å². The van der Waals surface area contributed by atoms with Gasteiger partial charge in [-0.2, -0.15) is 0 Å². The molecule has 2 N–H and O–H groups in total. The van der Waals surface area contributed by atoms with Gasteiger partial charge in [-0.1, -0.05) is 24.3 Å². The van der Waals surface area contributed by atoms with Crippen LogP contribution in [0, 0.1) is 11.8 Å². The van der Waals surface area contributed by atoms with Crippen LogP contribution in [0.25, 0.3) is 0 Å². The third-order valence-electron chi connectivity index (χ3n) is 4.30. The summed E-state index contributed by atoms with van der Waals surface area (Å²) in [5.74, 6) is -3.19.